The summed E-state index contributed by atoms with van der Waals surface area (Å²) < 4.78 is 17.7. The lowest BCUT2D eigenvalue weighted by Gasteiger charge is -2.07. The number of carbonyl (C=O) groups excluding carboxylic acids is 2. The van der Waals surface area contributed by atoms with Crippen molar-refractivity contribution in [2.45, 2.75) is 34.1 Å². The van der Waals surface area contributed by atoms with Gasteiger partial charge in [0.1, 0.15) is 11.5 Å². The van der Waals surface area contributed by atoms with E-state index in [1.165, 1.54) is 0 Å². The molecule has 2 heterocycles. The molecule has 0 bridgehead atoms. The maximum Gasteiger partial charge on any atom is 0.338 e. The second kappa shape index (κ2) is 8.77. The van der Waals surface area contributed by atoms with Crippen LogP contribution in [0.15, 0.2) is 40.9 Å². The average Bonchev–Trinajstić information content (AvgIpc) is 3.26. The molecule has 7 nitrogen and oxygen atoms in total. The smallest absolute Gasteiger partial charge is 0.338 e. The van der Waals surface area contributed by atoms with Crippen molar-refractivity contribution in [2.24, 2.45) is 0 Å². The van der Waals surface area contributed by atoms with E-state index >= 15 is 0 Å². The van der Waals surface area contributed by atoms with E-state index in [0.29, 0.717) is 40.8 Å². The zero-order valence-corrected chi connectivity index (χ0v) is 17.0. The zero-order valence-electron chi connectivity index (χ0n) is 17.0. The van der Waals surface area contributed by atoms with Gasteiger partial charge in [-0.15, -0.1) is 0 Å². The number of ketones is 1. The summed E-state index contributed by atoms with van der Waals surface area (Å²) in [6, 6.07) is 10.2. The monoisotopic (exact) mass is 396 g/mol. The van der Waals surface area contributed by atoms with Gasteiger partial charge in [0, 0.05) is 23.0 Å². The van der Waals surface area contributed by atoms with Crippen LogP contribution in [0.4, 0.5) is 0 Å². The molecule has 0 saturated heterocycles. The number of aryl methyl sites for hydroxylation is 2. The number of benzene rings is 1. The Kier molecular flexibility index (Phi) is 6.16. The van der Waals surface area contributed by atoms with Crippen LogP contribution in [0.25, 0.3) is 5.82 Å². The van der Waals surface area contributed by atoms with E-state index in [-0.39, 0.29) is 12.4 Å². The van der Waals surface area contributed by atoms with E-state index in [2.05, 4.69) is 5.16 Å². The number of rotatable bonds is 8. The molecule has 29 heavy (non-hydrogen) atoms. The minimum absolute atomic E-state index is 0.277. The Morgan fingerprint density at radius 2 is 1.83 bits per heavy atom. The Morgan fingerprint density at radius 3 is 2.45 bits per heavy atom. The molecule has 0 radical (unpaired) electrons. The lowest BCUT2D eigenvalue weighted by molar-refractivity contribution is 0.0474. The Labute approximate surface area is 169 Å². The van der Waals surface area contributed by atoms with E-state index < -0.39 is 5.97 Å². The average molecular weight is 396 g/mol. The quantitative estimate of drug-likeness (QED) is 0.419. The lowest BCUT2D eigenvalue weighted by atomic mass is 10.1. The molecule has 0 aliphatic carbocycles. The predicted molar refractivity (Wildman–Crippen MR) is 107 cm³/mol. The van der Waals surface area contributed by atoms with Gasteiger partial charge in [0.05, 0.1) is 12.2 Å². The zero-order chi connectivity index (χ0) is 21.0. The molecule has 3 aromatic rings. The van der Waals surface area contributed by atoms with Gasteiger partial charge in [-0.2, -0.15) is 0 Å². The van der Waals surface area contributed by atoms with Gasteiger partial charge in [-0.05, 0) is 57.5 Å². The van der Waals surface area contributed by atoms with Gasteiger partial charge in [0.15, 0.2) is 12.4 Å². The number of carbonyl (C=O) groups is 2. The highest BCUT2D eigenvalue weighted by atomic mass is 16.5. The summed E-state index contributed by atoms with van der Waals surface area (Å²) >= 11 is 0. The van der Waals surface area contributed by atoms with Crippen LogP contribution in [0.2, 0.25) is 0 Å². The molecular formula is C22H24N2O5. The number of hydrogen-bond donors (Lipinski definition) is 0. The summed E-state index contributed by atoms with van der Waals surface area (Å²) in [5.41, 5.74) is 2.41. The van der Waals surface area contributed by atoms with Crippen LogP contribution in [0.3, 0.4) is 0 Å². The van der Waals surface area contributed by atoms with E-state index in [1.54, 1.807) is 43.3 Å². The van der Waals surface area contributed by atoms with Crippen molar-refractivity contribution in [3.05, 3.63) is 64.7 Å². The molecule has 1 aromatic carbocycles. The van der Waals surface area contributed by atoms with Crippen molar-refractivity contribution in [1.29, 1.82) is 0 Å². The minimum atomic E-state index is -0.554. The van der Waals surface area contributed by atoms with Gasteiger partial charge < -0.3 is 14.0 Å². The van der Waals surface area contributed by atoms with Crippen LogP contribution in [0.5, 0.6) is 5.75 Å². The van der Waals surface area contributed by atoms with E-state index in [0.717, 1.165) is 12.1 Å². The second-order valence-electron chi connectivity index (χ2n) is 6.79. The SMILES string of the molecule is CCCOc1ccc(C(=O)OCC(=O)c2cc(C)n(-c3cc(C)on3)c2C)cc1. The largest absolute Gasteiger partial charge is 0.494 e. The van der Waals surface area contributed by atoms with Crippen molar-refractivity contribution in [1.82, 2.24) is 9.72 Å². The molecule has 0 amide bonds. The van der Waals surface area contributed by atoms with Crippen LogP contribution in [-0.4, -0.2) is 34.7 Å². The van der Waals surface area contributed by atoms with E-state index in [4.69, 9.17) is 14.0 Å². The summed E-state index contributed by atoms with van der Waals surface area (Å²) in [4.78, 5) is 24.9. The van der Waals surface area contributed by atoms with Crippen molar-refractivity contribution in [3.8, 4) is 11.6 Å². The molecule has 0 fully saturated rings. The minimum Gasteiger partial charge on any atom is -0.494 e. The number of esters is 1. The molecule has 152 valence electrons. The molecule has 0 aliphatic heterocycles. The van der Waals surface area contributed by atoms with Crippen molar-refractivity contribution in [2.75, 3.05) is 13.2 Å². The van der Waals surface area contributed by atoms with Gasteiger partial charge in [0.2, 0.25) is 5.78 Å². The van der Waals surface area contributed by atoms with Gasteiger partial charge >= 0.3 is 5.97 Å². The topological polar surface area (TPSA) is 83.6 Å². The third-order valence-corrected chi connectivity index (χ3v) is 4.47. The third kappa shape index (κ3) is 4.56. The fourth-order valence-electron chi connectivity index (χ4n) is 3.06. The first-order valence-electron chi connectivity index (χ1n) is 9.46. The highest BCUT2D eigenvalue weighted by molar-refractivity contribution is 6.00. The number of aromatic nitrogens is 2. The molecular weight excluding hydrogens is 372 g/mol. The number of nitrogens with zero attached hydrogens (tertiary/aromatic N) is 2. The van der Waals surface area contributed by atoms with Crippen LogP contribution >= 0.6 is 0 Å². The summed E-state index contributed by atoms with van der Waals surface area (Å²) in [6.07, 6.45) is 0.906. The van der Waals surface area contributed by atoms with E-state index in [9.17, 15) is 9.59 Å². The van der Waals surface area contributed by atoms with Gasteiger partial charge in [0.25, 0.3) is 0 Å². The van der Waals surface area contributed by atoms with Crippen molar-refractivity contribution < 1.29 is 23.6 Å². The highest BCUT2D eigenvalue weighted by Gasteiger charge is 2.20. The summed E-state index contributed by atoms with van der Waals surface area (Å²) in [7, 11) is 0. The molecule has 2 aromatic heterocycles. The molecule has 0 N–H and O–H groups in total. The summed E-state index contributed by atoms with van der Waals surface area (Å²) in [5.74, 6) is 1.15. The lowest BCUT2D eigenvalue weighted by Crippen LogP contribution is -2.15. The first-order valence-corrected chi connectivity index (χ1v) is 9.46. The second-order valence-corrected chi connectivity index (χ2v) is 6.79. The summed E-state index contributed by atoms with van der Waals surface area (Å²) in [5, 5.41) is 4.00. The molecule has 7 heteroatoms. The molecule has 0 unspecified atom stereocenters. The molecule has 3 rings (SSSR count). The molecule has 0 aliphatic rings. The number of Topliss-reactive ketones (excluding diaryl/α,β-unsaturated/α-hetero) is 1. The number of hydrogen-bond acceptors (Lipinski definition) is 6. The van der Waals surface area contributed by atoms with Crippen molar-refractivity contribution >= 4 is 11.8 Å². The Bertz CT molecular complexity index is 1010. The van der Waals surface area contributed by atoms with Gasteiger partial charge in [-0.3, -0.25) is 9.36 Å². The third-order valence-electron chi connectivity index (χ3n) is 4.47. The predicted octanol–water partition coefficient (Wildman–Crippen LogP) is 4.22. The fraction of sp³-hybridized carbons (Fsp3) is 0.318. The molecule has 0 saturated carbocycles. The number of ether oxygens (including phenoxy) is 2. The van der Waals surface area contributed by atoms with Gasteiger partial charge in [-0.1, -0.05) is 12.1 Å². The Balaban J connectivity index is 1.66. The molecule has 0 spiro atoms. The summed E-state index contributed by atoms with van der Waals surface area (Å²) in [6.45, 7) is 7.80. The fourth-order valence-corrected chi connectivity index (χ4v) is 3.06. The van der Waals surface area contributed by atoms with E-state index in [1.807, 2.05) is 25.3 Å². The maximum atomic E-state index is 12.6. The van der Waals surface area contributed by atoms with Crippen LogP contribution < -0.4 is 4.74 Å². The van der Waals surface area contributed by atoms with Crippen LogP contribution in [-0.2, 0) is 4.74 Å². The first kappa shape index (κ1) is 20.4. The first-order chi connectivity index (χ1) is 13.9. The van der Waals surface area contributed by atoms with Crippen molar-refractivity contribution in [3.63, 3.8) is 0 Å². The van der Waals surface area contributed by atoms with Gasteiger partial charge in [-0.25, -0.2) is 4.79 Å². The highest BCUT2D eigenvalue weighted by Crippen LogP contribution is 2.21. The Morgan fingerprint density at radius 1 is 1.10 bits per heavy atom. The Hall–Kier alpha value is -3.35. The maximum absolute atomic E-state index is 12.6. The normalized spacial score (nSPS) is 10.8. The van der Waals surface area contributed by atoms with Crippen LogP contribution in [0, 0.1) is 20.8 Å². The molecule has 0 atom stereocenters. The van der Waals surface area contributed by atoms with Crippen LogP contribution in [0.1, 0.15) is 51.2 Å². The standard InChI is InChI=1S/C22H24N2O5/c1-5-10-27-18-8-6-17(7-9-18)22(26)28-13-20(25)19-11-14(2)24(16(19)4)21-12-15(3)29-23-21/h6-9,11-12H,5,10,13H2,1-4H3.